The molecule has 0 spiro atoms. The molecule has 168 valence electrons. The summed E-state index contributed by atoms with van der Waals surface area (Å²) < 4.78 is 6.12. The van der Waals surface area contributed by atoms with E-state index in [1.807, 2.05) is 4.90 Å². The van der Waals surface area contributed by atoms with Gasteiger partial charge in [-0.05, 0) is 37.3 Å². The number of hydrazine groups is 1. The van der Waals surface area contributed by atoms with Crippen molar-refractivity contribution in [3.05, 3.63) is 10.6 Å². The Kier molecular flexibility index (Phi) is 7.83. The highest BCUT2D eigenvalue weighted by molar-refractivity contribution is 7.80. The second-order valence-corrected chi connectivity index (χ2v) is 14.9. The van der Waals surface area contributed by atoms with E-state index >= 15 is 0 Å². The summed E-state index contributed by atoms with van der Waals surface area (Å²) in [5.41, 5.74) is 6.46. The van der Waals surface area contributed by atoms with E-state index < -0.39 is 14.4 Å². The molecule has 1 aromatic heterocycles. The lowest BCUT2D eigenvalue weighted by Gasteiger charge is -2.38. The van der Waals surface area contributed by atoms with Gasteiger partial charge in [0, 0.05) is 24.9 Å². The minimum absolute atomic E-state index is 0.0238. The number of nitrogens with one attached hydrogen (secondary N) is 4. The SMILES string of the molecule is CNC(=O)Nc1nc2c(s1)CN(C(=S)NNC(=O)[C@@H](C)O[Si](C)(C)C(C)(C)C)CC2. The number of fused-ring (bicyclic) bond motifs is 1. The zero-order chi connectivity index (χ0) is 22.7. The molecule has 4 N–H and O–H groups in total. The predicted octanol–water partition coefficient (Wildman–Crippen LogP) is 2.57. The van der Waals surface area contributed by atoms with Crippen molar-refractivity contribution in [3.8, 4) is 0 Å². The first-order valence-electron chi connectivity index (χ1n) is 9.84. The minimum atomic E-state index is -2.04. The van der Waals surface area contributed by atoms with E-state index in [9.17, 15) is 9.59 Å². The Morgan fingerprint density at radius 1 is 1.30 bits per heavy atom. The molecular formula is C18H32N6O3S2Si. The zero-order valence-electron chi connectivity index (χ0n) is 18.6. The zero-order valence-corrected chi connectivity index (χ0v) is 21.3. The molecule has 0 fully saturated rings. The van der Waals surface area contributed by atoms with Crippen molar-refractivity contribution < 1.29 is 14.0 Å². The molecule has 3 amide bonds. The van der Waals surface area contributed by atoms with Crippen molar-refractivity contribution in [1.29, 1.82) is 0 Å². The highest BCUT2D eigenvalue weighted by Crippen LogP contribution is 2.37. The molecule has 1 aliphatic heterocycles. The van der Waals surface area contributed by atoms with E-state index in [4.69, 9.17) is 16.6 Å². The average Bonchev–Trinajstić information content (AvgIpc) is 3.05. The fraction of sp³-hybridized carbons (Fsp3) is 0.667. The smallest absolute Gasteiger partial charge is 0.320 e. The molecule has 0 saturated carbocycles. The Morgan fingerprint density at radius 3 is 2.57 bits per heavy atom. The molecule has 0 unspecified atom stereocenters. The van der Waals surface area contributed by atoms with Crippen LogP contribution in [0.25, 0.3) is 0 Å². The molecule has 2 rings (SSSR count). The van der Waals surface area contributed by atoms with Crippen LogP contribution < -0.4 is 21.5 Å². The van der Waals surface area contributed by atoms with Gasteiger partial charge in [-0.1, -0.05) is 32.1 Å². The summed E-state index contributed by atoms with van der Waals surface area (Å²) in [7, 11) is -0.486. The quantitative estimate of drug-likeness (QED) is 0.303. The van der Waals surface area contributed by atoms with Crippen LogP contribution in [0.3, 0.4) is 0 Å². The summed E-state index contributed by atoms with van der Waals surface area (Å²) in [4.78, 5) is 31.4. The van der Waals surface area contributed by atoms with Gasteiger partial charge in [-0.2, -0.15) is 0 Å². The monoisotopic (exact) mass is 472 g/mol. The number of anilines is 1. The van der Waals surface area contributed by atoms with Gasteiger partial charge in [-0.15, -0.1) is 0 Å². The number of thiocarbonyl (C=S) groups is 1. The molecule has 0 aromatic carbocycles. The fourth-order valence-corrected chi connectivity index (χ4v) is 5.12. The van der Waals surface area contributed by atoms with Crippen molar-refractivity contribution in [2.45, 2.75) is 64.9 Å². The van der Waals surface area contributed by atoms with Crippen LogP contribution >= 0.6 is 23.6 Å². The third kappa shape index (κ3) is 6.12. The number of rotatable bonds is 4. The third-order valence-corrected chi connectivity index (χ3v) is 11.3. The van der Waals surface area contributed by atoms with E-state index in [1.54, 1.807) is 14.0 Å². The van der Waals surface area contributed by atoms with E-state index in [2.05, 4.69) is 60.3 Å². The molecule has 30 heavy (non-hydrogen) atoms. The van der Waals surface area contributed by atoms with Crippen LogP contribution in [0.5, 0.6) is 0 Å². The minimum Gasteiger partial charge on any atom is -0.405 e. The lowest BCUT2D eigenvalue weighted by Crippen LogP contribution is -2.54. The van der Waals surface area contributed by atoms with E-state index in [1.165, 1.54) is 11.3 Å². The summed E-state index contributed by atoms with van der Waals surface area (Å²) in [5.74, 6) is -0.255. The molecule has 0 saturated heterocycles. The Morgan fingerprint density at radius 2 is 1.97 bits per heavy atom. The van der Waals surface area contributed by atoms with Crippen LogP contribution in [0.15, 0.2) is 0 Å². The van der Waals surface area contributed by atoms with Crippen LogP contribution in [0.1, 0.15) is 38.3 Å². The second-order valence-electron chi connectivity index (χ2n) is 8.70. The van der Waals surface area contributed by atoms with Gasteiger partial charge < -0.3 is 14.6 Å². The molecular weight excluding hydrogens is 440 g/mol. The normalized spacial score (nSPS) is 15.1. The predicted molar refractivity (Wildman–Crippen MR) is 126 cm³/mol. The molecule has 1 aliphatic rings. The lowest BCUT2D eigenvalue weighted by molar-refractivity contribution is -0.128. The molecule has 0 bridgehead atoms. The summed E-state index contributed by atoms with van der Waals surface area (Å²) in [6.45, 7) is 13.6. The molecule has 1 atom stereocenters. The topological polar surface area (TPSA) is 108 Å². The summed E-state index contributed by atoms with van der Waals surface area (Å²) in [5, 5.41) is 6.22. The molecule has 0 radical (unpaired) electrons. The van der Waals surface area contributed by atoms with Crippen LogP contribution in [-0.4, -0.2) is 54.9 Å². The first-order valence-corrected chi connectivity index (χ1v) is 14.0. The number of aromatic nitrogens is 1. The van der Waals surface area contributed by atoms with Crippen LogP contribution in [0.2, 0.25) is 18.1 Å². The van der Waals surface area contributed by atoms with Crippen molar-refractivity contribution in [3.63, 3.8) is 0 Å². The van der Waals surface area contributed by atoms with Gasteiger partial charge in [0.05, 0.1) is 12.2 Å². The molecule has 2 heterocycles. The number of hydrogen-bond donors (Lipinski definition) is 4. The number of amides is 3. The van der Waals surface area contributed by atoms with Crippen molar-refractivity contribution in [1.82, 2.24) is 26.1 Å². The first kappa shape index (κ1) is 24.5. The maximum absolute atomic E-state index is 12.5. The number of thiazole rings is 1. The number of nitrogens with zero attached hydrogens (tertiary/aromatic N) is 2. The summed E-state index contributed by atoms with van der Waals surface area (Å²) >= 11 is 6.87. The van der Waals surface area contributed by atoms with Crippen LogP contribution in [0, 0.1) is 0 Å². The maximum atomic E-state index is 12.5. The Hall–Kier alpha value is -1.76. The Balaban J connectivity index is 1.87. The van der Waals surface area contributed by atoms with Gasteiger partial charge in [0.1, 0.15) is 6.10 Å². The average molecular weight is 473 g/mol. The molecule has 1 aromatic rings. The number of carbonyl (C=O) groups is 2. The van der Waals surface area contributed by atoms with Gasteiger partial charge >= 0.3 is 6.03 Å². The van der Waals surface area contributed by atoms with Crippen LogP contribution in [-0.2, 0) is 22.2 Å². The summed E-state index contributed by atoms with van der Waals surface area (Å²) in [6.07, 6.45) is 0.135. The standard InChI is InChI=1S/C18H32N6O3S2Si/c1-11(27-30(6,7)18(2,3)4)14(25)22-23-17(28)24-9-8-12-13(10-24)29-16(20-12)21-15(26)19-5/h11H,8-10H2,1-7H3,(H,22,25)(H,23,28)(H2,19,20,21,26)/t11-/m1/s1. The third-order valence-electron chi connectivity index (χ3n) is 5.41. The lowest BCUT2D eigenvalue weighted by atomic mass is 10.2. The van der Waals surface area contributed by atoms with E-state index in [0.29, 0.717) is 29.8 Å². The Labute approximate surface area is 188 Å². The highest BCUT2D eigenvalue weighted by atomic mass is 32.1. The fourth-order valence-electron chi connectivity index (χ4n) is 2.55. The van der Waals surface area contributed by atoms with E-state index in [-0.39, 0.29) is 17.0 Å². The summed E-state index contributed by atoms with van der Waals surface area (Å²) in [6, 6.07) is -0.299. The highest BCUT2D eigenvalue weighted by Gasteiger charge is 2.39. The molecule has 12 heteroatoms. The number of hydrogen-bond acceptors (Lipinski definition) is 6. The van der Waals surface area contributed by atoms with Gasteiger partial charge in [0.2, 0.25) is 0 Å². The van der Waals surface area contributed by atoms with Crippen molar-refractivity contribution in [2.24, 2.45) is 0 Å². The molecule has 9 nitrogen and oxygen atoms in total. The largest absolute Gasteiger partial charge is 0.405 e. The first-order chi connectivity index (χ1) is 13.8. The van der Waals surface area contributed by atoms with Crippen molar-refractivity contribution in [2.75, 3.05) is 18.9 Å². The van der Waals surface area contributed by atoms with Gasteiger partial charge in [-0.3, -0.25) is 21.0 Å². The van der Waals surface area contributed by atoms with Gasteiger partial charge in [0.25, 0.3) is 5.91 Å². The maximum Gasteiger partial charge on any atom is 0.320 e. The number of carbonyl (C=O) groups excluding carboxylic acids is 2. The molecule has 0 aliphatic carbocycles. The van der Waals surface area contributed by atoms with Gasteiger partial charge in [-0.25, -0.2) is 9.78 Å². The number of urea groups is 1. The van der Waals surface area contributed by atoms with Crippen LogP contribution in [0.4, 0.5) is 9.93 Å². The van der Waals surface area contributed by atoms with Gasteiger partial charge in [0.15, 0.2) is 18.6 Å². The van der Waals surface area contributed by atoms with E-state index in [0.717, 1.165) is 10.6 Å². The second kappa shape index (κ2) is 9.58. The van der Waals surface area contributed by atoms with Crippen molar-refractivity contribution >= 4 is 54.1 Å². The Bertz CT molecular complexity index is 808.